The summed E-state index contributed by atoms with van der Waals surface area (Å²) in [4.78, 5) is 94.4. The minimum atomic E-state index is -1.15. The van der Waals surface area contributed by atoms with Crippen LogP contribution in [0.25, 0.3) is 0 Å². The first-order valence-electron chi connectivity index (χ1n) is 20.2. The van der Waals surface area contributed by atoms with E-state index in [4.69, 9.17) is 0 Å². The summed E-state index contributed by atoms with van der Waals surface area (Å²) in [6.45, 7) is 19.2. The number of likely N-dealkylation sites (tertiary alicyclic amines) is 1. The number of Topliss-reactive ketones (excluding diaryl/α,β-unsaturated/α-hetero) is 1. The zero-order valence-electron chi connectivity index (χ0n) is 35.5. The molecule has 0 aromatic heterocycles. The first-order valence-corrected chi connectivity index (χ1v) is 20.2. The molecule has 7 amide bonds. The summed E-state index contributed by atoms with van der Waals surface area (Å²) >= 11 is 0. The molecule has 0 spiro atoms. The molecule has 14 heteroatoms. The minimum Gasteiger partial charge on any atom is -0.347 e. The maximum Gasteiger partial charge on any atom is 0.315 e. The number of hydrogen-bond acceptors (Lipinski definition) is 7. The lowest BCUT2D eigenvalue weighted by Crippen LogP contribution is -2.58. The third kappa shape index (κ3) is 17.2. The van der Waals surface area contributed by atoms with Gasteiger partial charge in [0.2, 0.25) is 29.4 Å². The van der Waals surface area contributed by atoms with Crippen LogP contribution in [0.15, 0.2) is 30.3 Å². The molecule has 2 aliphatic rings. The summed E-state index contributed by atoms with van der Waals surface area (Å²) in [5.74, 6) is -4.02. The summed E-state index contributed by atoms with van der Waals surface area (Å²) in [5, 5.41) is 13.1. The second-order valence-electron chi connectivity index (χ2n) is 14.2. The molecule has 1 aromatic carbocycles. The average Bonchev–Trinajstić information content (AvgIpc) is 3.64. The molecule has 1 heterocycles. The van der Waals surface area contributed by atoms with Gasteiger partial charge in [0.05, 0.1) is 12.6 Å². The number of urea groups is 1. The Morgan fingerprint density at radius 3 is 1.87 bits per heavy atom. The average molecular weight is 774 g/mol. The van der Waals surface area contributed by atoms with Gasteiger partial charge in [-0.1, -0.05) is 111 Å². The summed E-state index contributed by atoms with van der Waals surface area (Å²) < 4.78 is 0. The van der Waals surface area contributed by atoms with E-state index in [2.05, 4.69) is 40.4 Å². The molecule has 4 atom stereocenters. The molecule has 2 fully saturated rings. The summed E-state index contributed by atoms with van der Waals surface area (Å²) in [6, 6.07) is 4.17. The number of rotatable bonds is 15. The quantitative estimate of drug-likeness (QED) is 0.163. The summed E-state index contributed by atoms with van der Waals surface area (Å²) in [6.07, 6.45) is 5.13. The van der Waals surface area contributed by atoms with Crippen molar-refractivity contribution in [1.82, 2.24) is 36.4 Å². The van der Waals surface area contributed by atoms with E-state index in [1.807, 2.05) is 27.7 Å². The molecular weight excluding hydrogens is 702 g/mol. The van der Waals surface area contributed by atoms with Crippen molar-refractivity contribution in [1.29, 1.82) is 0 Å². The molecule has 55 heavy (non-hydrogen) atoms. The van der Waals surface area contributed by atoms with Gasteiger partial charge in [-0.2, -0.15) is 0 Å². The lowest BCUT2D eigenvalue weighted by Gasteiger charge is -2.32. The Labute approximate surface area is 330 Å². The second kappa shape index (κ2) is 27.1. The highest BCUT2D eigenvalue weighted by atomic mass is 16.2. The number of benzene rings is 1. The van der Waals surface area contributed by atoms with E-state index < -0.39 is 66.2 Å². The predicted molar refractivity (Wildman–Crippen MR) is 217 cm³/mol. The summed E-state index contributed by atoms with van der Waals surface area (Å²) in [5.41, 5.74) is 0.559. The van der Waals surface area contributed by atoms with Crippen molar-refractivity contribution in [2.75, 3.05) is 27.2 Å². The Morgan fingerprint density at radius 1 is 0.800 bits per heavy atom. The van der Waals surface area contributed by atoms with E-state index in [1.165, 1.54) is 16.2 Å². The molecule has 0 bridgehead atoms. The lowest BCUT2D eigenvalue weighted by molar-refractivity contribution is -0.143. The molecule has 312 valence electrons. The molecule has 1 saturated heterocycles. The SMILES string of the molecule is CC.CC.CC(C)NC(=O)NC(C(=O)N1CCCC1C(=O)NC(CC1CCC1)C(=O)C(=O)NCC(=O)NC(C(=O)N(C)C)c1ccccc1)C(C)C.CCC. The second-order valence-corrected chi connectivity index (χ2v) is 14.2. The molecule has 3 rings (SSSR count). The highest BCUT2D eigenvalue weighted by Gasteiger charge is 2.41. The fraction of sp³-hybridized carbons (Fsp3) is 0.683. The van der Waals surface area contributed by atoms with Gasteiger partial charge in [-0.05, 0) is 50.5 Å². The van der Waals surface area contributed by atoms with Gasteiger partial charge >= 0.3 is 6.03 Å². The number of amides is 7. The Hall–Kier alpha value is -4.49. The van der Waals surface area contributed by atoms with E-state index in [1.54, 1.807) is 72.1 Å². The van der Waals surface area contributed by atoms with Gasteiger partial charge in [0.25, 0.3) is 5.91 Å². The lowest BCUT2D eigenvalue weighted by atomic mass is 9.80. The number of carbonyl (C=O) groups is 7. The number of ketones is 1. The van der Waals surface area contributed by atoms with Crippen LogP contribution in [0.5, 0.6) is 0 Å². The maximum absolute atomic E-state index is 13.6. The summed E-state index contributed by atoms with van der Waals surface area (Å²) in [7, 11) is 3.13. The molecule has 14 nitrogen and oxygen atoms in total. The highest BCUT2D eigenvalue weighted by Crippen LogP contribution is 2.31. The van der Waals surface area contributed by atoms with Gasteiger partial charge in [-0.25, -0.2) is 4.79 Å². The van der Waals surface area contributed by atoms with E-state index in [0.717, 1.165) is 19.3 Å². The van der Waals surface area contributed by atoms with Gasteiger partial charge in [0.15, 0.2) is 0 Å². The van der Waals surface area contributed by atoms with Gasteiger partial charge in [0, 0.05) is 26.7 Å². The van der Waals surface area contributed by atoms with Crippen LogP contribution in [-0.4, -0.2) is 103 Å². The maximum atomic E-state index is 13.6. The first kappa shape index (κ1) is 50.5. The van der Waals surface area contributed by atoms with Crippen molar-refractivity contribution >= 4 is 41.4 Å². The van der Waals surface area contributed by atoms with Crippen LogP contribution in [0.4, 0.5) is 4.79 Å². The first-order chi connectivity index (χ1) is 26.1. The van der Waals surface area contributed by atoms with Crippen LogP contribution in [-0.2, 0) is 28.8 Å². The molecule has 5 N–H and O–H groups in total. The van der Waals surface area contributed by atoms with Crippen LogP contribution in [0.2, 0.25) is 0 Å². The van der Waals surface area contributed by atoms with Gasteiger partial charge in [-0.3, -0.25) is 28.8 Å². The standard InChI is InChI=1S/C34H51N7O7.C3H8.2C2H6/c1-20(2)27(39-34(48)36-21(3)4)33(47)41-17-11-16-25(41)30(44)37-24(18-22-12-10-13-22)29(43)31(45)35-19-26(42)38-28(32(46)40(5)6)23-14-8-7-9-15-23;1-3-2;2*1-2/h7-9,14-15,20-22,24-25,27-28H,10-13,16-19H2,1-6H3,(H,35,45)(H,37,44)(H,38,42)(H2,36,39,48);3H2,1-2H3;2*1-2H3. The smallest absolute Gasteiger partial charge is 0.315 e. The Kier molecular flexibility index (Phi) is 24.9. The van der Waals surface area contributed by atoms with Crippen molar-refractivity contribution in [2.45, 2.75) is 144 Å². The van der Waals surface area contributed by atoms with Gasteiger partial charge < -0.3 is 36.4 Å². The van der Waals surface area contributed by atoms with Crippen LogP contribution in [0.3, 0.4) is 0 Å². The van der Waals surface area contributed by atoms with Crippen molar-refractivity contribution in [2.24, 2.45) is 11.8 Å². The monoisotopic (exact) mass is 774 g/mol. The molecule has 1 aliphatic carbocycles. The van der Waals surface area contributed by atoms with Crippen LogP contribution >= 0.6 is 0 Å². The molecule has 4 unspecified atom stereocenters. The van der Waals surface area contributed by atoms with Crippen molar-refractivity contribution in [3.05, 3.63) is 35.9 Å². The normalized spacial score (nSPS) is 16.1. The van der Waals surface area contributed by atoms with E-state index >= 15 is 0 Å². The zero-order chi connectivity index (χ0) is 42.2. The van der Waals surface area contributed by atoms with E-state index in [0.29, 0.717) is 24.9 Å². The Morgan fingerprint density at radius 2 is 1.38 bits per heavy atom. The molecular formula is C41H71N7O7. The highest BCUT2D eigenvalue weighted by molar-refractivity contribution is 6.38. The largest absolute Gasteiger partial charge is 0.347 e. The van der Waals surface area contributed by atoms with E-state index in [9.17, 15) is 33.6 Å². The van der Waals surface area contributed by atoms with Crippen molar-refractivity contribution in [3.63, 3.8) is 0 Å². The number of nitrogens with one attached hydrogen (secondary N) is 5. The molecule has 1 saturated carbocycles. The molecule has 1 aliphatic heterocycles. The molecule has 1 aromatic rings. The number of hydrogen-bond donors (Lipinski definition) is 5. The fourth-order valence-corrected chi connectivity index (χ4v) is 5.81. The van der Waals surface area contributed by atoms with Gasteiger partial charge in [0.1, 0.15) is 18.1 Å². The van der Waals surface area contributed by atoms with Crippen LogP contribution in [0, 0.1) is 11.8 Å². The van der Waals surface area contributed by atoms with E-state index in [-0.39, 0.29) is 30.2 Å². The third-order valence-electron chi connectivity index (χ3n) is 8.66. The number of carbonyl (C=O) groups excluding carboxylic acids is 7. The topological polar surface area (TPSA) is 186 Å². The van der Waals surface area contributed by atoms with Gasteiger partial charge in [-0.15, -0.1) is 0 Å². The Balaban J connectivity index is 0.00000390. The van der Waals surface area contributed by atoms with Crippen LogP contribution < -0.4 is 26.6 Å². The third-order valence-corrected chi connectivity index (χ3v) is 8.66. The molecule has 0 radical (unpaired) electrons. The number of likely N-dealkylation sites (N-methyl/N-ethyl adjacent to an activating group) is 1. The minimum absolute atomic E-state index is 0.131. The van der Waals surface area contributed by atoms with Crippen molar-refractivity contribution in [3.8, 4) is 0 Å². The zero-order valence-corrected chi connectivity index (χ0v) is 35.5. The predicted octanol–water partition coefficient (Wildman–Crippen LogP) is 4.48. The fourth-order valence-electron chi connectivity index (χ4n) is 5.81. The van der Waals surface area contributed by atoms with Crippen LogP contribution in [0.1, 0.15) is 126 Å². The van der Waals surface area contributed by atoms with Crippen molar-refractivity contribution < 1.29 is 33.6 Å². The number of nitrogens with zero attached hydrogens (tertiary/aromatic N) is 2. The Bertz CT molecular complexity index is 1350.